The Labute approximate surface area is 116 Å². The van der Waals surface area contributed by atoms with Crippen molar-refractivity contribution in [2.24, 2.45) is 11.8 Å². The van der Waals surface area contributed by atoms with Crippen LogP contribution in [0, 0.1) is 11.8 Å². The molecular formula is C16H26N2O. The predicted octanol–water partition coefficient (Wildman–Crippen LogP) is 4.11. The Bertz CT molecular complexity index is 392. The van der Waals surface area contributed by atoms with Gasteiger partial charge in [-0.2, -0.15) is 0 Å². The van der Waals surface area contributed by atoms with Gasteiger partial charge >= 0.3 is 0 Å². The average Bonchev–Trinajstić information content (AvgIpc) is 2.65. The molecule has 3 heteroatoms. The van der Waals surface area contributed by atoms with Gasteiger partial charge in [0.2, 0.25) is 5.88 Å². The molecule has 1 N–H and O–H groups in total. The summed E-state index contributed by atoms with van der Waals surface area (Å²) >= 11 is 0. The van der Waals surface area contributed by atoms with Gasteiger partial charge in [0.1, 0.15) is 0 Å². The highest BCUT2D eigenvalue weighted by Crippen LogP contribution is 2.31. The zero-order chi connectivity index (χ0) is 13.7. The number of hydrogen-bond acceptors (Lipinski definition) is 3. The highest BCUT2D eigenvalue weighted by Gasteiger charge is 2.21. The molecule has 1 aliphatic rings. The van der Waals surface area contributed by atoms with E-state index in [0.717, 1.165) is 17.5 Å². The van der Waals surface area contributed by atoms with Crippen LogP contribution in [0.3, 0.4) is 0 Å². The van der Waals surface area contributed by atoms with Crippen molar-refractivity contribution in [2.75, 3.05) is 12.4 Å². The highest BCUT2D eigenvalue weighted by atomic mass is 16.5. The van der Waals surface area contributed by atoms with Crippen LogP contribution in [0.2, 0.25) is 0 Å². The number of anilines is 1. The van der Waals surface area contributed by atoms with E-state index in [1.165, 1.54) is 32.1 Å². The maximum absolute atomic E-state index is 5.30. The Hall–Kier alpha value is -1.25. The SMILES string of the molecule is COc1ncccc1NC1CCCC(C(C)C)CC1. The zero-order valence-electron chi connectivity index (χ0n) is 12.4. The van der Waals surface area contributed by atoms with Gasteiger partial charge in [-0.3, -0.25) is 0 Å². The molecule has 1 fully saturated rings. The molecular weight excluding hydrogens is 236 g/mol. The lowest BCUT2D eigenvalue weighted by Crippen LogP contribution is -2.19. The summed E-state index contributed by atoms with van der Waals surface area (Å²) in [5.41, 5.74) is 1.03. The van der Waals surface area contributed by atoms with Crippen LogP contribution in [0.5, 0.6) is 5.88 Å². The molecule has 2 rings (SSSR count). The fourth-order valence-electron chi connectivity index (χ4n) is 3.02. The Kier molecular flexibility index (Phi) is 5.06. The standard InChI is InChI=1S/C16H26N2O/c1-12(2)13-6-4-7-14(10-9-13)18-15-8-5-11-17-16(15)19-3/h5,8,11-14,18H,4,6-7,9-10H2,1-3H3. The fourth-order valence-corrected chi connectivity index (χ4v) is 3.02. The van der Waals surface area contributed by atoms with Crippen molar-refractivity contribution in [3.8, 4) is 5.88 Å². The van der Waals surface area contributed by atoms with Gasteiger partial charge in [-0.1, -0.05) is 26.7 Å². The van der Waals surface area contributed by atoms with Crippen LogP contribution < -0.4 is 10.1 Å². The maximum Gasteiger partial charge on any atom is 0.237 e. The highest BCUT2D eigenvalue weighted by molar-refractivity contribution is 5.52. The van der Waals surface area contributed by atoms with Gasteiger partial charge in [-0.05, 0) is 43.2 Å². The second-order valence-corrected chi connectivity index (χ2v) is 5.91. The van der Waals surface area contributed by atoms with Crippen molar-refractivity contribution < 1.29 is 4.74 Å². The molecule has 1 saturated carbocycles. The van der Waals surface area contributed by atoms with E-state index in [1.54, 1.807) is 13.3 Å². The predicted molar refractivity (Wildman–Crippen MR) is 79.6 cm³/mol. The number of hydrogen-bond donors (Lipinski definition) is 1. The molecule has 0 bridgehead atoms. The second-order valence-electron chi connectivity index (χ2n) is 5.91. The summed E-state index contributed by atoms with van der Waals surface area (Å²) in [6, 6.07) is 4.57. The number of methoxy groups -OCH3 is 1. The third kappa shape index (κ3) is 3.85. The van der Waals surface area contributed by atoms with Crippen LogP contribution in [-0.2, 0) is 0 Å². The summed E-state index contributed by atoms with van der Waals surface area (Å²) in [5, 5.41) is 3.61. The van der Waals surface area contributed by atoms with Gasteiger partial charge in [0.05, 0.1) is 12.8 Å². The van der Waals surface area contributed by atoms with Crippen LogP contribution in [0.15, 0.2) is 18.3 Å². The number of nitrogens with one attached hydrogen (secondary N) is 1. The molecule has 0 aromatic carbocycles. The second kappa shape index (κ2) is 6.78. The summed E-state index contributed by atoms with van der Waals surface area (Å²) in [6.45, 7) is 4.70. The largest absolute Gasteiger partial charge is 0.480 e. The molecule has 2 unspecified atom stereocenters. The third-order valence-electron chi connectivity index (χ3n) is 4.28. The summed E-state index contributed by atoms with van der Waals surface area (Å²) in [6.07, 6.45) is 8.30. The number of pyridine rings is 1. The average molecular weight is 262 g/mol. The van der Waals surface area contributed by atoms with Crippen LogP contribution in [0.1, 0.15) is 46.0 Å². The molecule has 0 amide bonds. The lowest BCUT2D eigenvalue weighted by Gasteiger charge is -2.20. The Balaban J connectivity index is 1.96. The topological polar surface area (TPSA) is 34.1 Å². The van der Waals surface area contributed by atoms with E-state index in [1.807, 2.05) is 6.07 Å². The first-order chi connectivity index (χ1) is 9.20. The molecule has 0 spiro atoms. The Morgan fingerprint density at radius 3 is 2.84 bits per heavy atom. The van der Waals surface area contributed by atoms with Crippen molar-refractivity contribution in [3.63, 3.8) is 0 Å². The van der Waals surface area contributed by atoms with Crippen molar-refractivity contribution >= 4 is 5.69 Å². The maximum atomic E-state index is 5.30. The van der Waals surface area contributed by atoms with E-state index in [-0.39, 0.29) is 0 Å². The molecule has 3 nitrogen and oxygen atoms in total. The Morgan fingerprint density at radius 2 is 2.11 bits per heavy atom. The van der Waals surface area contributed by atoms with Gasteiger partial charge in [0.15, 0.2) is 0 Å². The van der Waals surface area contributed by atoms with Crippen LogP contribution in [-0.4, -0.2) is 18.1 Å². The van der Waals surface area contributed by atoms with E-state index in [4.69, 9.17) is 4.74 Å². The molecule has 1 aliphatic carbocycles. The molecule has 0 aliphatic heterocycles. The molecule has 2 atom stereocenters. The first-order valence-electron chi connectivity index (χ1n) is 7.46. The fraction of sp³-hybridized carbons (Fsp3) is 0.688. The van der Waals surface area contributed by atoms with E-state index < -0.39 is 0 Å². The quantitative estimate of drug-likeness (QED) is 0.829. The van der Waals surface area contributed by atoms with E-state index in [0.29, 0.717) is 11.9 Å². The lowest BCUT2D eigenvalue weighted by atomic mass is 9.89. The van der Waals surface area contributed by atoms with Crippen molar-refractivity contribution in [2.45, 2.75) is 52.0 Å². The number of aromatic nitrogens is 1. The van der Waals surface area contributed by atoms with E-state index in [2.05, 4.69) is 30.2 Å². The zero-order valence-corrected chi connectivity index (χ0v) is 12.4. The van der Waals surface area contributed by atoms with Gasteiger partial charge in [0.25, 0.3) is 0 Å². The first-order valence-corrected chi connectivity index (χ1v) is 7.46. The number of rotatable bonds is 4. The van der Waals surface area contributed by atoms with Crippen LogP contribution >= 0.6 is 0 Å². The van der Waals surface area contributed by atoms with Crippen LogP contribution in [0.25, 0.3) is 0 Å². The minimum absolute atomic E-state index is 0.557. The summed E-state index contributed by atoms with van der Waals surface area (Å²) < 4.78 is 5.30. The first kappa shape index (κ1) is 14.2. The van der Waals surface area contributed by atoms with Gasteiger partial charge in [-0.25, -0.2) is 4.98 Å². The summed E-state index contributed by atoms with van der Waals surface area (Å²) in [7, 11) is 1.68. The molecule has 106 valence electrons. The van der Waals surface area contributed by atoms with Crippen molar-refractivity contribution in [1.29, 1.82) is 0 Å². The monoisotopic (exact) mass is 262 g/mol. The van der Waals surface area contributed by atoms with Crippen LogP contribution in [0.4, 0.5) is 5.69 Å². The number of ether oxygens (including phenoxy) is 1. The lowest BCUT2D eigenvalue weighted by molar-refractivity contribution is 0.341. The minimum atomic E-state index is 0.557. The third-order valence-corrected chi connectivity index (χ3v) is 4.28. The molecule has 0 saturated heterocycles. The summed E-state index contributed by atoms with van der Waals surface area (Å²) in [4.78, 5) is 4.24. The number of nitrogens with zero attached hydrogens (tertiary/aromatic N) is 1. The molecule has 19 heavy (non-hydrogen) atoms. The minimum Gasteiger partial charge on any atom is -0.480 e. The van der Waals surface area contributed by atoms with E-state index in [9.17, 15) is 0 Å². The van der Waals surface area contributed by atoms with Gasteiger partial charge < -0.3 is 10.1 Å². The Morgan fingerprint density at radius 1 is 1.26 bits per heavy atom. The van der Waals surface area contributed by atoms with E-state index >= 15 is 0 Å². The van der Waals surface area contributed by atoms with Crippen molar-refractivity contribution in [3.05, 3.63) is 18.3 Å². The normalized spacial score (nSPS) is 24.0. The smallest absolute Gasteiger partial charge is 0.237 e. The molecule has 1 aromatic heterocycles. The van der Waals surface area contributed by atoms with Gasteiger partial charge in [0, 0.05) is 12.2 Å². The molecule has 0 radical (unpaired) electrons. The van der Waals surface area contributed by atoms with Crippen molar-refractivity contribution in [1.82, 2.24) is 4.98 Å². The molecule has 1 heterocycles. The summed E-state index contributed by atoms with van der Waals surface area (Å²) in [5.74, 6) is 2.40. The molecule has 1 aromatic rings. The van der Waals surface area contributed by atoms with Gasteiger partial charge in [-0.15, -0.1) is 0 Å².